The largest absolute Gasteiger partial charge is 0.522 e. The van der Waals surface area contributed by atoms with Crippen molar-refractivity contribution in [1.82, 2.24) is 0 Å². The fourth-order valence-electron chi connectivity index (χ4n) is 0.936. The highest BCUT2D eigenvalue weighted by Crippen LogP contribution is 2.17. The fraction of sp³-hybridized carbons (Fsp3) is 0.333. The number of benzene rings is 1. The maximum absolute atomic E-state index is 11.6. The van der Waals surface area contributed by atoms with Crippen molar-refractivity contribution in [1.29, 1.82) is 0 Å². The van der Waals surface area contributed by atoms with Crippen molar-refractivity contribution in [2.45, 2.75) is 12.8 Å². The van der Waals surface area contributed by atoms with E-state index in [1.807, 2.05) is 0 Å². The maximum Gasteiger partial charge on any atom is 0.522 e. The SMILES string of the molecule is FC(F)(F)OCCc1ccc(Br)cc1. The molecule has 0 unspecified atom stereocenters. The smallest absolute Gasteiger partial charge is 0.292 e. The van der Waals surface area contributed by atoms with Gasteiger partial charge in [0, 0.05) is 4.47 Å². The zero-order valence-electron chi connectivity index (χ0n) is 7.14. The standard InChI is InChI=1S/C9H8BrF3O/c10-8-3-1-7(2-4-8)5-6-14-9(11,12)13/h1-4H,5-6H2. The van der Waals surface area contributed by atoms with Gasteiger partial charge in [-0.25, -0.2) is 0 Å². The first-order chi connectivity index (χ1) is 6.47. The third-order valence-electron chi connectivity index (χ3n) is 1.57. The van der Waals surface area contributed by atoms with Crippen LogP contribution in [-0.2, 0) is 11.2 Å². The minimum Gasteiger partial charge on any atom is -0.292 e. The molecule has 5 heteroatoms. The normalized spacial score (nSPS) is 11.7. The van der Waals surface area contributed by atoms with E-state index in [2.05, 4.69) is 20.7 Å². The molecule has 0 heterocycles. The van der Waals surface area contributed by atoms with E-state index in [0.29, 0.717) is 0 Å². The molecule has 0 fully saturated rings. The Bertz CT molecular complexity index is 281. The van der Waals surface area contributed by atoms with Gasteiger partial charge in [-0.1, -0.05) is 28.1 Å². The minimum atomic E-state index is -4.53. The lowest BCUT2D eigenvalue weighted by Crippen LogP contribution is -2.15. The number of alkyl halides is 3. The second kappa shape index (κ2) is 4.79. The van der Waals surface area contributed by atoms with Gasteiger partial charge in [0.05, 0.1) is 6.61 Å². The molecule has 1 rings (SSSR count). The average Bonchev–Trinajstić information content (AvgIpc) is 2.06. The molecule has 0 saturated carbocycles. The predicted octanol–water partition coefficient (Wildman–Crippen LogP) is 3.53. The summed E-state index contributed by atoms with van der Waals surface area (Å²) in [6.07, 6.45) is -4.28. The summed E-state index contributed by atoms with van der Waals surface area (Å²) in [5.41, 5.74) is 0.817. The highest BCUT2D eigenvalue weighted by Gasteiger charge is 2.28. The van der Waals surface area contributed by atoms with Crippen LogP contribution in [0.15, 0.2) is 28.7 Å². The van der Waals surface area contributed by atoms with Crippen molar-refractivity contribution < 1.29 is 17.9 Å². The minimum absolute atomic E-state index is 0.257. The van der Waals surface area contributed by atoms with Gasteiger partial charge < -0.3 is 0 Å². The Balaban J connectivity index is 2.35. The number of halogens is 4. The van der Waals surface area contributed by atoms with E-state index >= 15 is 0 Å². The molecule has 0 atom stereocenters. The molecule has 0 aliphatic heterocycles. The van der Waals surface area contributed by atoms with E-state index in [1.165, 1.54) is 0 Å². The summed E-state index contributed by atoms with van der Waals surface area (Å²) in [5, 5.41) is 0. The van der Waals surface area contributed by atoms with E-state index < -0.39 is 6.36 Å². The summed E-state index contributed by atoms with van der Waals surface area (Å²) in [6.45, 7) is -0.342. The quantitative estimate of drug-likeness (QED) is 0.815. The molecule has 0 amide bonds. The van der Waals surface area contributed by atoms with Crippen LogP contribution in [0.4, 0.5) is 13.2 Å². The molecule has 0 aliphatic rings. The summed E-state index contributed by atoms with van der Waals surface area (Å²) < 4.78 is 39.3. The van der Waals surface area contributed by atoms with Gasteiger partial charge in [-0.2, -0.15) is 0 Å². The Morgan fingerprint density at radius 3 is 2.21 bits per heavy atom. The number of ether oxygens (including phenoxy) is 1. The number of hydrogen-bond acceptors (Lipinski definition) is 1. The van der Waals surface area contributed by atoms with E-state index in [0.717, 1.165) is 10.0 Å². The molecule has 0 spiro atoms. The predicted molar refractivity (Wildman–Crippen MR) is 49.9 cm³/mol. The maximum atomic E-state index is 11.6. The van der Waals surface area contributed by atoms with Crippen LogP contribution in [0.25, 0.3) is 0 Å². The van der Waals surface area contributed by atoms with Crippen LogP contribution < -0.4 is 0 Å². The monoisotopic (exact) mass is 268 g/mol. The lowest BCUT2D eigenvalue weighted by Gasteiger charge is -2.06. The van der Waals surface area contributed by atoms with Crippen molar-refractivity contribution in [2.75, 3.05) is 6.61 Å². The highest BCUT2D eigenvalue weighted by atomic mass is 79.9. The molecule has 0 aromatic heterocycles. The van der Waals surface area contributed by atoms with Gasteiger partial charge in [0.25, 0.3) is 0 Å². The third-order valence-corrected chi connectivity index (χ3v) is 2.10. The van der Waals surface area contributed by atoms with Gasteiger partial charge in [-0.15, -0.1) is 13.2 Å². The van der Waals surface area contributed by atoms with E-state index in [4.69, 9.17) is 0 Å². The second-order valence-electron chi connectivity index (χ2n) is 2.67. The van der Waals surface area contributed by atoms with Gasteiger partial charge in [-0.3, -0.25) is 4.74 Å². The van der Waals surface area contributed by atoms with Crippen molar-refractivity contribution in [3.05, 3.63) is 34.3 Å². The first-order valence-electron chi connectivity index (χ1n) is 3.92. The average molecular weight is 269 g/mol. The van der Waals surface area contributed by atoms with Crippen molar-refractivity contribution in [3.63, 3.8) is 0 Å². The molecule has 0 radical (unpaired) electrons. The first-order valence-corrected chi connectivity index (χ1v) is 4.72. The molecule has 1 aromatic rings. The van der Waals surface area contributed by atoms with Gasteiger partial charge in [0.1, 0.15) is 0 Å². The molecule has 0 saturated heterocycles. The lowest BCUT2D eigenvalue weighted by molar-refractivity contribution is -0.324. The van der Waals surface area contributed by atoms with Crippen molar-refractivity contribution in [2.24, 2.45) is 0 Å². The number of hydrogen-bond donors (Lipinski definition) is 0. The molecule has 1 nitrogen and oxygen atoms in total. The lowest BCUT2D eigenvalue weighted by atomic mass is 10.2. The summed E-state index contributed by atoms with van der Waals surface area (Å²) in [4.78, 5) is 0. The molecule has 1 aromatic carbocycles. The van der Waals surface area contributed by atoms with Crippen molar-refractivity contribution in [3.8, 4) is 0 Å². The first kappa shape index (κ1) is 11.5. The molecule has 0 N–H and O–H groups in total. The summed E-state index contributed by atoms with van der Waals surface area (Å²) in [7, 11) is 0. The van der Waals surface area contributed by atoms with Crippen LogP contribution in [0.3, 0.4) is 0 Å². The molecular weight excluding hydrogens is 261 g/mol. The summed E-state index contributed by atoms with van der Waals surface area (Å²) >= 11 is 3.23. The Labute approximate surface area is 88.0 Å². The summed E-state index contributed by atoms with van der Waals surface area (Å²) in [5.74, 6) is 0. The van der Waals surface area contributed by atoms with Gasteiger partial charge in [0.15, 0.2) is 0 Å². The van der Waals surface area contributed by atoms with Crippen molar-refractivity contribution >= 4 is 15.9 Å². The van der Waals surface area contributed by atoms with Crippen LogP contribution in [0.5, 0.6) is 0 Å². The van der Waals surface area contributed by atoms with Crippen LogP contribution in [0.1, 0.15) is 5.56 Å². The molecule has 14 heavy (non-hydrogen) atoms. The molecular formula is C9H8BrF3O. The van der Waals surface area contributed by atoms with Crippen LogP contribution in [0, 0.1) is 0 Å². The topological polar surface area (TPSA) is 9.23 Å². The Kier molecular flexibility index (Phi) is 3.95. The third kappa shape index (κ3) is 4.62. The Morgan fingerprint density at radius 2 is 1.71 bits per heavy atom. The van der Waals surface area contributed by atoms with Crippen LogP contribution in [-0.4, -0.2) is 13.0 Å². The van der Waals surface area contributed by atoms with Gasteiger partial charge >= 0.3 is 6.36 Å². The zero-order valence-corrected chi connectivity index (χ0v) is 8.73. The molecule has 0 bridgehead atoms. The van der Waals surface area contributed by atoms with Gasteiger partial charge in [0.2, 0.25) is 0 Å². The zero-order chi connectivity index (χ0) is 10.6. The second-order valence-corrected chi connectivity index (χ2v) is 3.59. The fourth-order valence-corrected chi connectivity index (χ4v) is 1.20. The summed E-state index contributed by atoms with van der Waals surface area (Å²) in [6, 6.07) is 7.07. The Morgan fingerprint density at radius 1 is 1.14 bits per heavy atom. The van der Waals surface area contributed by atoms with E-state index in [9.17, 15) is 13.2 Å². The Hall–Kier alpha value is -0.550. The van der Waals surface area contributed by atoms with Crippen LogP contribution >= 0.6 is 15.9 Å². The molecule has 78 valence electrons. The van der Waals surface area contributed by atoms with E-state index in [1.54, 1.807) is 24.3 Å². The number of rotatable bonds is 3. The van der Waals surface area contributed by atoms with Crippen LogP contribution in [0.2, 0.25) is 0 Å². The van der Waals surface area contributed by atoms with E-state index in [-0.39, 0.29) is 13.0 Å². The molecule has 0 aliphatic carbocycles. The van der Waals surface area contributed by atoms with Gasteiger partial charge in [-0.05, 0) is 24.1 Å². The highest BCUT2D eigenvalue weighted by molar-refractivity contribution is 9.10.